The Bertz CT molecular complexity index is 954. The van der Waals surface area contributed by atoms with Crippen LogP contribution in [-0.2, 0) is 9.59 Å². The Labute approximate surface area is 154 Å². The molecule has 27 heavy (non-hydrogen) atoms. The molecule has 3 rings (SSSR count). The van der Waals surface area contributed by atoms with Gasteiger partial charge >= 0.3 is 5.97 Å². The van der Waals surface area contributed by atoms with Gasteiger partial charge in [0.05, 0.1) is 12.5 Å². The lowest BCUT2D eigenvalue weighted by Crippen LogP contribution is -2.47. The molecule has 1 N–H and O–H groups in total. The van der Waals surface area contributed by atoms with Gasteiger partial charge in [-0.3, -0.25) is 23.6 Å². The van der Waals surface area contributed by atoms with Crippen LogP contribution in [0.25, 0.3) is 5.65 Å². The fourth-order valence-electron chi connectivity index (χ4n) is 3.16. The smallest absolute Gasteiger partial charge is 0.308 e. The van der Waals surface area contributed by atoms with Crippen molar-refractivity contribution in [3.63, 3.8) is 0 Å². The number of carboxylic acids is 1. The summed E-state index contributed by atoms with van der Waals surface area (Å²) >= 11 is 0. The van der Waals surface area contributed by atoms with E-state index >= 15 is 0 Å². The molecule has 2 aromatic rings. The third-order valence-corrected chi connectivity index (χ3v) is 4.69. The van der Waals surface area contributed by atoms with Crippen molar-refractivity contribution in [1.29, 1.82) is 0 Å². The minimum Gasteiger partial charge on any atom is -0.481 e. The first-order valence-electron chi connectivity index (χ1n) is 8.61. The van der Waals surface area contributed by atoms with Crippen LogP contribution in [0.4, 0.5) is 0 Å². The molecule has 2 aromatic heterocycles. The molecule has 9 nitrogen and oxygen atoms in total. The third-order valence-electron chi connectivity index (χ3n) is 4.69. The molecule has 1 aliphatic heterocycles. The number of aromatic nitrogens is 2. The van der Waals surface area contributed by atoms with Crippen molar-refractivity contribution in [3.05, 3.63) is 46.5 Å². The number of carboxylic acid groups (broad SMARTS) is 1. The summed E-state index contributed by atoms with van der Waals surface area (Å²) in [4.78, 5) is 55.4. The van der Waals surface area contributed by atoms with Crippen molar-refractivity contribution >= 4 is 23.4 Å². The Hall–Kier alpha value is -3.23. The minimum atomic E-state index is -0.924. The Morgan fingerprint density at radius 3 is 2.85 bits per heavy atom. The van der Waals surface area contributed by atoms with Crippen LogP contribution in [0, 0.1) is 5.92 Å². The van der Waals surface area contributed by atoms with Crippen molar-refractivity contribution < 1.29 is 19.5 Å². The van der Waals surface area contributed by atoms with E-state index in [1.54, 1.807) is 18.2 Å². The molecule has 142 valence electrons. The monoisotopic (exact) mass is 372 g/mol. The molecular weight excluding hydrogens is 352 g/mol. The normalized spacial score (nSPS) is 16.9. The second-order valence-corrected chi connectivity index (χ2v) is 6.58. The number of carbonyl (C=O) groups excluding carboxylic acids is 2. The number of nitrogens with zero attached hydrogens (tertiary/aromatic N) is 4. The van der Waals surface area contributed by atoms with Gasteiger partial charge in [0, 0.05) is 32.5 Å². The number of carbonyl (C=O) groups is 3. The Balaban J connectivity index is 1.72. The Morgan fingerprint density at radius 2 is 2.11 bits per heavy atom. The number of aliphatic carboxylic acids is 1. The lowest BCUT2D eigenvalue weighted by atomic mass is 9.98. The van der Waals surface area contributed by atoms with Crippen LogP contribution in [0.5, 0.6) is 0 Å². The predicted octanol–water partition coefficient (Wildman–Crippen LogP) is 0.0897. The number of hydrogen-bond acceptors (Lipinski definition) is 5. The van der Waals surface area contributed by atoms with E-state index in [1.807, 2.05) is 0 Å². The summed E-state index contributed by atoms with van der Waals surface area (Å²) in [5.74, 6) is -2.46. The summed E-state index contributed by atoms with van der Waals surface area (Å²) in [6.45, 7) is 0.364. The highest BCUT2D eigenvalue weighted by Gasteiger charge is 2.29. The molecule has 1 aliphatic rings. The molecule has 0 spiro atoms. The van der Waals surface area contributed by atoms with Crippen LogP contribution >= 0.6 is 0 Å². The number of fused-ring (bicyclic) bond motifs is 1. The summed E-state index contributed by atoms with van der Waals surface area (Å²) < 4.78 is 1.27. The zero-order valence-corrected chi connectivity index (χ0v) is 14.9. The molecule has 9 heteroatoms. The van der Waals surface area contributed by atoms with Crippen LogP contribution < -0.4 is 5.56 Å². The van der Waals surface area contributed by atoms with Gasteiger partial charge in [0.25, 0.3) is 11.5 Å². The largest absolute Gasteiger partial charge is 0.481 e. The Morgan fingerprint density at radius 1 is 1.33 bits per heavy atom. The van der Waals surface area contributed by atoms with Crippen molar-refractivity contribution in [2.45, 2.75) is 12.8 Å². The van der Waals surface area contributed by atoms with Crippen LogP contribution in [0.3, 0.4) is 0 Å². The van der Waals surface area contributed by atoms with Crippen molar-refractivity contribution in [2.75, 3.05) is 26.7 Å². The van der Waals surface area contributed by atoms with Gasteiger partial charge in [-0.15, -0.1) is 0 Å². The van der Waals surface area contributed by atoms with E-state index in [9.17, 15) is 19.2 Å². The number of hydrogen-bond donors (Lipinski definition) is 1. The SMILES string of the molecule is CN(CC(=O)N1CCCC(C(=O)O)C1)C(=O)c1cnc2ccccn2c1=O. The van der Waals surface area contributed by atoms with Gasteiger partial charge in [-0.1, -0.05) is 6.07 Å². The molecule has 0 aromatic carbocycles. The van der Waals surface area contributed by atoms with E-state index < -0.39 is 23.4 Å². The van der Waals surface area contributed by atoms with Gasteiger partial charge < -0.3 is 14.9 Å². The zero-order chi connectivity index (χ0) is 19.6. The fraction of sp³-hybridized carbons (Fsp3) is 0.389. The number of likely N-dealkylation sites (N-methyl/N-ethyl adjacent to an activating group) is 1. The van der Waals surface area contributed by atoms with Crippen LogP contribution in [0.15, 0.2) is 35.4 Å². The number of pyridine rings is 1. The van der Waals surface area contributed by atoms with Gasteiger partial charge in [0.1, 0.15) is 11.2 Å². The number of likely N-dealkylation sites (tertiary alicyclic amines) is 1. The summed E-state index contributed by atoms with van der Waals surface area (Å²) in [5, 5.41) is 9.13. The summed E-state index contributed by atoms with van der Waals surface area (Å²) in [5.41, 5.74) is -0.212. The van der Waals surface area contributed by atoms with Gasteiger partial charge in [-0.05, 0) is 25.0 Å². The maximum atomic E-state index is 12.6. The first-order chi connectivity index (χ1) is 12.9. The summed E-state index contributed by atoms with van der Waals surface area (Å²) in [7, 11) is 1.43. The molecular formula is C18H20N4O5. The van der Waals surface area contributed by atoms with Gasteiger partial charge in [0.2, 0.25) is 5.91 Å². The maximum Gasteiger partial charge on any atom is 0.308 e. The molecule has 1 saturated heterocycles. The molecule has 0 saturated carbocycles. The highest BCUT2D eigenvalue weighted by molar-refractivity contribution is 5.96. The van der Waals surface area contributed by atoms with E-state index in [-0.39, 0.29) is 24.6 Å². The van der Waals surface area contributed by atoms with E-state index in [0.717, 1.165) is 4.90 Å². The van der Waals surface area contributed by atoms with Gasteiger partial charge in [-0.2, -0.15) is 0 Å². The van der Waals surface area contributed by atoms with Crippen molar-refractivity contribution in [3.8, 4) is 0 Å². The quantitative estimate of drug-likeness (QED) is 0.814. The van der Waals surface area contributed by atoms with Gasteiger partial charge in [-0.25, -0.2) is 4.98 Å². The first-order valence-corrected chi connectivity index (χ1v) is 8.61. The molecule has 1 unspecified atom stereocenters. The number of rotatable bonds is 4. The second-order valence-electron chi connectivity index (χ2n) is 6.58. The lowest BCUT2D eigenvalue weighted by Gasteiger charge is -2.32. The van der Waals surface area contributed by atoms with Gasteiger partial charge in [0.15, 0.2) is 0 Å². The van der Waals surface area contributed by atoms with E-state index in [4.69, 9.17) is 5.11 Å². The number of amides is 2. The summed E-state index contributed by atoms with van der Waals surface area (Å²) in [6.07, 6.45) is 3.87. The standard InChI is InChI=1S/C18H20N4O5/c1-20(11-15(23)21-7-4-5-12(10-21)18(26)27)16(24)13-9-19-14-6-2-3-8-22(14)17(13)25/h2-3,6,8-9,12H,4-5,7,10-11H2,1H3,(H,26,27). The number of piperidine rings is 1. The second kappa shape index (κ2) is 7.56. The van der Waals surface area contributed by atoms with Crippen LogP contribution in [0.2, 0.25) is 0 Å². The molecule has 3 heterocycles. The highest BCUT2D eigenvalue weighted by Crippen LogP contribution is 2.17. The van der Waals surface area contributed by atoms with Crippen LogP contribution in [0.1, 0.15) is 23.2 Å². The van der Waals surface area contributed by atoms with E-state index in [1.165, 1.54) is 28.7 Å². The van der Waals surface area contributed by atoms with Crippen molar-refractivity contribution in [1.82, 2.24) is 19.2 Å². The molecule has 0 radical (unpaired) electrons. The molecule has 1 fully saturated rings. The summed E-state index contributed by atoms with van der Waals surface area (Å²) in [6, 6.07) is 5.04. The van der Waals surface area contributed by atoms with E-state index in [0.29, 0.717) is 25.0 Å². The molecule has 0 bridgehead atoms. The zero-order valence-electron chi connectivity index (χ0n) is 14.9. The average Bonchev–Trinajstić information content (AvgIpc) is 2.68. The van der Waals surface area contributed by atoms with Crippen molar-refractivity contribution in [2.24, 2.45) is 5.92 Å². The topological polar surface area (TPSA) is 112 Å². The molecule has 0 aliphatic carbocycles. The molecule has 2 amide bonds. The average molecular weight is 372 g/mol. The highest BCUT2D eigenvalue weighted by atomic mass is 16.4. The molecule has 1 atom stereocenters. The van der Waals surface area contributed by atoms with Crippen LogP contribution in [-0.4, -0.2) is 68.8 Å². The third kappa shape index (κ3) is 3.81. The lowest BCUT2D eigenvalue weighted by molar-refractivity contribution is -0.145. The predicted molar refractivity (Wildman–Crippen MR) is 95.4 cm³/mol. The van der Waals surface area contributed by atoms with E-state index in [2.05, 4.69) is 4.98 Å². The fourth-order valence-corrected chi connectivity index (χ4v) is 3.16. The Kier molecular flexibility index (Phi) is 5.20. The minimum absolute atomic E-state index is 0.129. The maximum absolute atomic E-state index is 12.6. The first kappa shape index (κ1) is 18.6.